The molecule has 0 atom stereocenters. The van der Waals surface area contributed by atoms with E-state index >= 15 is 0 Å². The molecule has 14 nitrogen and oxygen atoms in total. The van der Waals surface area contributed by atoms with Crippen LogP contribution >= 0.6 is 0 Å². The minimum atomic E-state index is -0.694. The first-order valence-electron chi connectivity index (χ1n) is 13.5. The average Bonchev–Trinajstić information content (AvgIpc) is 3.41. The molecule has 0 radical (unpaired) electrons. The first-order valence-corrected chi connectivity index (χ1v) is 13.5. The number of carbonyl (C=O) groups is 2. The zero-order valence-electron chi connectivity index (χ0n) is 22.7. The predicted octanol–water partition coefficient (Wildman–Crippen LogP) is 1.66. The molecule has 41 heavy (non-hydrogen) atoms. The van der Waals surface area contributed by atoms with Crippen LogP contribution in [0, 0.1) is 6.92 Å². The van der Waals surface area contributed by atoms with Crippen molar-refractivity contribution in [2.75, 3.05) is 80.2 Å². The number of nitrogens with zero attached hydrogens (tertiary/aromatic N) is 7. The van der Waals surface area contributed by atoms with Crippen molar-refractivity contribution in [3.8, 4) is 11.3 Å². The van der Waals surface area contributed by atoms with Crippen LogP contribution in [-0.4, -0.2) is 96.0 Å². The molecule has 3 aliphatic rings. The number of fused-ring (bicyclic) bond motifs is 1. The number of hydrogen-bond donors (Lipinski definition) is 2. The van der Waals surface area contributed by atoms with Crippen molar-refractivity contribution in [3.05, 3.63) is 47.3 Å². The van der Waals surface area contributed by atoms with Crippen molar-refractivity contribution in [1.29, 1.82) is 0 Å². The lowest BCUT2D eigenvalue weighted by Gasteiger charge is -2.28. The highest BCUT2D eigenvalue weighted by Crippen LogP contribution is 2.35. The van der Waals surface area contributed by atoms with Crippen molar-refractivity contribution >= 4 is 35.4 Å². The van der Waals surface area contributed by atoms with Crippen molar-refractivity contribution in [2.45, 2.75) is 13.3 Å². The molecule has 3 N–H and O–H groups in total. The molecule has 0 saturated carbocycles. The van der Waals surface area contributed by atoms with Crippen molar-refractivity contribution in [1.82, 2.24) is 24.8 Å². The Morgan fingerprint density at radius 2 is 1.68 bits per heavy atom. The molecule has 0 spiro atoms. The predicted molar refractivity (Wildman–Crippen MR) is 150 cm³/mol. The van der Waals surface area contributed by atoms with Gasteiger partial charge in [-0.05, 0) is 31.0 Å². The van der Waals surface area contributed by atoms with E-state index in [2.05, 4.69) is 15.3 Å². The molecule has 6 rings (SSSR count). The van der Waals surface area contributed by atoms with Crippen LogP contribution in [0.3, 0.4) is 0 Å². The van der Waals surface area contributed by atoms with Gasteiger partial charge < -0.3 is 29.8 Å². The van der Waals surface area contributed by atoms with E-state index in [-0.39, 0.29) is 11.9 Å². The molecule has 0 bridgehead atoms. The fourth-order valence-electron chi connectivity index (χ4n) is 5.08. The third-order valence-corrected chi connectivity index (χ3v) is 7.31. The summed E-state index contributed by atoms with van der Waals surface area (Å²) in [6.07, 6.45) is 3.10. The van der Waals surface area contributed by atoms with Gasteiger partial charge in [-0.15, -0.1) is 0 Å². The van der Waals surface area contributed by atoms with E-state index in [0.29, 0.717) is 105 Å². The molecule has 0 unspecified atom stereocenters. The first-order chi connectivity index (χ1) is 20.0. The lowest BCUT2D eigenvalue weighted by atomic mass is 10.1. The second-order valence-electron chi connectivity index (χ2n) is 9.84. The molecule has 0 aliphatic carbocycles. The van der Waals surface area contributed by atoms with Gasteiger partial charge in [0.1, 0.15) is 0 Å². The number of amides is 2. The van der Waals surface area contributed by atoms with Gasteiger partial charge in [0.2, 0.25) is 11.9 Å². The van der Waals surface area contributed by atoms with Gasteiger partial charge in [-0.25, -0.2) is 19.7 Å². The number of aromatic nitrogens is 4. The van der Waals surface area contributed by atoms with Crippen LogP contribution in [0.1, 0.15) is 21.5 Å². The lowest BCUT2D eigenvalue weighted by molar-refractivity contribution is 0.0302. The Morgan fingerprint density at radius 1 is 0.976 bits per heavy atom. The number of carbonyl (C=O) groups excluding carboxylic acids is 2. The largest absolute Gasteiger partial charge is 0.436 e. The van der Waals surface area contributed by atoms with E-state index in [0.717, 1.165) is 5.56 Å². The van der Waals surface area contributed by atoms with Gasteiger partial charge in [-0.1, -0.05) is 6.07 Å². The van der Waals surface area contributed by atoms with E-state index < -0.39 is 6.09 Å². The molecular weight excluding hydrogens is 530 g/mol. The third kappa shape index (κ3) is 5.56. The minimum absolute atomic E-state index is 0.0946. The van der Waals surface area contributed by atoms with Crippen LogP contribution in [-0.2, 0) is 20.7 Å². The highest BCUT2D eigenvalue weighted by molar-refractivity contribution is 5.98. The van der Waals surface area contributed by atoms with Crippen molar-refractivity contribution in [2.24, 2.45) is 0 Å². The van der Waals surface area contributed by atoms with Crippen LogP contribution in [0.4, 0.5) is 28.2 Å². The molecule has 2 aromatic heterocycles. The number of hydroxylamine groups is 1. The third-order valence-electron chi connectivity index (χ3n) is 7.31. The molecule has 5 heterocycles. The second kappa shape index (κ2) is 11.5. The molecule has 14 heteroatoms. The first kappa shape index (κ1) is 26.7. The van der Waals surface area contributed by atoms with Gasteiger partial charge in [0.05, 0.1) is 38.7 Å². The molecule has 3 aromatic rings. The Hall–Kier alpha value is -4.56. The number of nitrogens with two attached hydrogens (primary N) is 1. The Bertz CT molecular complexity index is 1440. The SMILES string of the molecule is Cc1c(NC(=O)ON2CCc3c(-c4cnc(N)nc4)nc(N4CCOCC4)nc32)cccc1C(=O)N1CCOCC1. The number of morpholine rings is 2. The molecule has 2 fully saturated rings. The van der Waals surface area contributed by atoms with Gasteiger partial charge in [0, 0.05) is 61.0 Å². The van der Waals surface area contributed by atoms with E-state index in [1.54, 1.807) is 42.4 Å². The van der Waals surface area contributed by atoms with E-state index in [9.17, 15) is 9.59 Å². The number of benzene rings is 1. The molecular formula is C27H31N9O5. The molecule has 214 valence electrons. The fourth-order valence-corrected chi connectivity index (χ4v) is 5.08. The van der Waals surface area contributed by atoms with Gasteiger partial charge in [0.15, 0.2) is 5.82 Å². The molecule has 3 aliphatic heterocycles. The smallest absolute Gasteiger partial charge is 0.378 e. The van der Waals surface area contributed by atoms with E-state index in [1.165, 1.54) is 5.06 Å². The summed E-state index contributed by atoms with van der Waals surface area (Å²) in [6, 6.07) is 5.24. The second-order valence-corrected chi connectivity index (χ2v) is 9.84. The van der Waals surface area contributed by atoms with Crippen molar-refractivity contribution < 1.29 is 23.9 Å². The van der Waals surface area contributed by atoms with E-state index in [4.69, 9.17) is 30.0 Å². The van der Waals surface area contributed by atoms with Crippen molar-refractivity contribution in [3.63, 3.8) is 0 Å². The highest BCUT2D eigenvalue weighted by atomic mass is 16.7. The standard InChI is InChI=1S/C27H31N9O5/c1-17-19(24(37)34-7-11-39-12-8-34)3-2-4-21(17)31-27(38)41-36-6-5-20-22(18-15-29-25(28)30-16-18)32-26(33-23(20)36)35-9-13-40-14-10-35/h2-4,15-16H,5-14H2,1H3,(H,31,38)(H2,28,29,30). The van der Waals surface area contributed by atoms with Gasteiger partial charge >= 0.3 is 6.09 Å². The van der Waals surface area contributed by atoms with E-state index in [1.807, 2.05) is 4.90 Å². The molecule has 1 aromatic carbocycles. The number of nitrogens with one attached hydrogen (secondary N) is 1. The normalized spacial score (nSPS) is 16.9. The monoisotopic (exact) mass is 561 g/mol. The summed E-state index contributed by atoms with van der Waals surface area (Å²) >= 11 is 0. The average molecular weight is 562 g/mol. The summed E-state index contributed by atoms with van der Waals surface area (Å²) < 4.78 is 10.8. The Morgan fingerprint density at radius 3 is 2.41 bits per heavy atom. The number of nitrogen functional groups attached to an aromatic ring is 1. The summed E-state index contributed by atoms with van der Waals surface area (Å²) in [7, 11) is 0. The number of ether oxygens (including phenoxy) is 2. The highest BCUT2D eigenvalue weighted by Gasteiger charge is 2.31. The van der Waals surface area contributed by atoms with Gasteiger partial charge in [-0.3, -0.25) is 10.1 Å². The maximum Gasteiger partial charge on any atom is 0.436 e. The zero-order valence-corrected chi connectivity index (χ0v) is 22.7. The summed E-state index contributed by atoms with van der Waals surface area (Å²) in [5, 5.41) is 4.26. The quantitative estimate of drug-likeness (QED) is 0.464. The maximum absolute atomic E-state index is 13.1. The van der Waals surface area contributed by atoms with Crippen LogP contribution in [0.2, 0.25) is 0 Å². The van der Waals surface area contributed by atoms with Gasteiger partial charge in [-0.2, -0.15) is 10.0 Å². The Labute approximate surface area is 236 Å². The van der Waals surface area contributed by atoms with Crippen LogP contribution in [0.25, 0.3) is 11.3 Å². The van der Waals surface area contributed by atoms with Gasteiger partial charge in [0.25, 0.3) is 5.91 Å². The Kier molecular flexibility index (Phi) is 7.48. The maximum atomic E-state index is 13.1. The fraction of sp³-hybridized carbons (Fsp3) is 0.407. The molecule has 2 amide bonds. The lowest BCUT2D eigenvalue weighted by Crippen LogP contribution is -2.41. The Balaban J connectivity index is 1.23. The topological polar surface area (TPSA) is 161 Å². The molecule has 2 saturated heterocycles. The number of anilines is 4. The summed E-state index contributed by atoms with van der Waals surface area (Å²) in [5.74, 6) is 1.07. The van der Waals surface area contributed by atoms with Crippen LogP contribution < -0.4 is 21.0 Å². The number of rotatable bonds is 5. The number of hydrogen-bond acceptors (Lipinski definition) is 12. The zero-order chi connectivity index (χ0) is 28.3. The minimum Gasteiger partial charge on any atom is -0.378 e. The van der Waals surface area contributed by atoms with Crippen LogP contribution in [0.5, 0.6) is 0 Å². The summed E-state index contributed by atoms with van der Waals surface area (Å²) in [4.78, 5) is 53.6. The summed E-state index contributed by atoms with van der Waals surface area (Å²) in [5.41, 5.74) is 9.54. The van der Waals surface area contributed by atoms with Crippen LogP contribution in [0.15, 0.2) is 30.6 Å². The summed E-state index contributed by atoms with van der Waals surface area (Å²) in [6.45, 7) is 6.68.